The van der Waals surface area contributed by atoms with E-state index in [-0.39, 0.29) is 12.1 Å². The molecule has 1 heterocycles. The molecule has 0 aromatic heterocycles. The minimum Gasteiger partial charge on any atom is -0.490 e. The number of benzene rings is 2. The molecule has 1 unspecified atom stereocenters. The molecule has 0 saturated carbocycles. The first kappa shape index (κ1) is 23.2. The van der Waals surface area contributed by atoms with Gasteiger partial charge >= 0.3 is 0 Å². The molecule has 2 aromatic carbocycles. The van der Waals surface area contributed by atoms with Gasteiger partial charge < -0.3 is 20.7 Å². The second kappa shape index (κ2) is 10.7. The molecule has 1 atom stereocenters. The van der Waals surface area contributed by atoms with Gasteiger partial charge in [-0.2, -0.15) is 5.10 Å². The molecular weight excluding hydrogens is 413 g/mol. The maximum absolute atomic E-state index is 13.3. The number of carbonyl (C=O) groups excluding carboxylic acids is 2. The minimum atomic E-state index is -0.832. The first-order valence-corrected chi connectivity index (χ1v) is 10.6. The highest BCUT2D eigenvalue weighted by atomic mass is 19.1. The van der Waals surface area contributed by atoms with Crippen molar-refractivity contribution in [2.45, 2.75) is 26.3 Å². The lowest BCUT2D eigenvalue weighted by atomic mass is 10.1. The van der Waals surface area contributed by atoms with Crippen LogP contribution in [-0.2, 0) is 9.59 Å². The van der Waals surface area contributed by atoms with E-state index in [1.165, 1.54) is 29.3 Å². The third-order valence-corrected chi connectivity index (χ3v) is 5.29. The van der Waals surface area contributed by atoms with Crippen molar-refractivity contribution in [1.29, 1.82) is 0 Å². The highest BCUT2D eigenvalue weighted by Crippen LogP contribution is 2.27. The van der Waals surface area contributed by atoms with Crippen molar-refractivity contribution >= 4 is 28.9 Å². The predicted molar refractivity (Wildman–Crippen MR) is 122 cm³/mol. The third kappa shape index (κ3) is 5.61. The van der Waals surface area contributed by atoms with Crippen molar-refractivity contribution < 1.29 is 18.7 Å². The van der Waals surface area contributed by atoms with E-state index < -0.39 is 23.7 Å². The van der Waals surface area contributed by atoms with Crippen molar-refractivity contribution in [3.63, 3.8) is 0 Å². The summed E-state index contributed by atoms with van der Waals surface area (Å²) in [5, 5.41) is 8.45. The largest absolute Gasteiger partial charge is 0.490 e. The first-order chi connectivity index (χ1) is 15.4. The van der Waals surface area contributed by atoms with Gasteiger partial charge in [-0.25, -0.2) is 4.39 Å². The molecule has 2 aromatic rings. The van der Waals surface area contributed by atoms with Gasteiger partial charge in [0, 0.05) is 13.0 Å². The lowest BCUT2D eigenvalue weighted by molar-refractivity contribution is -0.119. The van der Waals surface area contributed by atoms with Gasteiger partial charge in [0.05, 0.1) is 11.4 Å². The number of hydrazone groups is 1. The Kier molecular flexibility index (Phi) is 7.77. The Balaban J connectivity index is 1.72. The Morgan fingerprint density at radius 1 is 1.19 bits per heavy atom. The van der Waals surface area contributed by atoms with Crippen molar-refractivity contribution in [2.75, 3.05) is 36.6 Å². The zero-order valence-corrected chi connectivity index (χ0v) is 18.3. The molecule has 2 amide bonds. The molecule has 170 valence electrons. The van der Waals surface area contributed by atoms with Crippen LogP contribution >= 0.6 is 0 Å². The molecule has 0 fully saturated rings. The molecule has 0 aliphatic carbocycles. The van der Waals surface area contributed by atoms with E-state index in [4.69, 9.17) is 10.5 Å². The molecule has 3 N–H and O–H groups in total. The highest BCUT2D eigenvalue weighted by molar-refractivity contribution is 6.44. The molecule has 1 aliphatic heterocycles. The van der Waals surface area contributed by atoms with Crippen LogP contribution in [0.3, 0.4) is 0 Å². The fourth-order valence-corrected chi connectivity index (χ4v) is 3.42. The van der Waals surface area contributed by atoms with Crippen LogP contribution in [0.15, 0.2) is 53.6 Å². The maximum atomic E-state index is 13.3. The molecule has 0 saturated heterocycles. The molecular formula is C23H28FN5O3. The van der Waals surface area contributed by atoms with E-state index in [0.717, 1.165) is 19.6 Å². The van der Waals surface area contributed by atoms with E-state index in [2.05, 4.69) is 29.2 Å². The molecule has 32 heavy (non-hydrogen) atoms. The van der Waals surface area contributed by atoms with Crippen LogP contribution < -0.4 is 20.8 Å². The number of halogens is 1. The first-order valence-electron chi connectivity index (χ1n) is 10.6. The number of rotatable bonds is 10. The number of primary amides is 1. The van der Waals surface area contributed by atoms with Gasteiger partial charge in [-0.3, -0.25) is 14.6 Å². The molecule has 0 radical (unpaired) electrons. The standard InChI is InChI=1S/C23H28FN5O3/c1-3-28(4-2)13-14-32-21-8-6-5-7-18(21)26-23(31)19-15-20(22(25)30)29(27-19)17-11-9-16(24)10-12-17/h5-12,20H,3-4,13-15H2,1-2H3,(H2,25,30)(H,26,31). The average molecular weight is 442 g/mol. The smallest absolute Gasteiger partial charge is 0.272 e. The fraction of sp³-hybridized carbons (Fsp3) is 0.348. The van der Waals surface area contributed by atoms with Crippen LogP contribution in [0.1, 0.15) is 20.3 Å². The van der Waals surface area contributed by atoms with Crippen LogP contribution in [0.25, 0.3) is 0 Å². The van der Waals surface area contributed by atoms with Gasteiger partial charge in [-0.05, 0) is 49.5 Å². The summed E-state index contributed by atoms with van der Waals surface area (Å²) in [5.74, 6) is -0.946. The second-order valence-electron chi connectivity index (χ2n) is 7.32. The number of nitrogens with two attached hydrogens (primary N) is 1. The number of nitrogens with one attached hydrogen (secondary N) is 1. The number of para-hydroxylation sites is 2. The molecule has 0 bridgehead atoms. The number of hydrogen-bond donors (Lipinski definition) is 2. The maximum Gasteiger partial charge on any atom is 0.272 e. The second-order valence-corrected chi connectivity index (χ2v) is 7.32. The third-order valence-electron chi connectivity index (χ3n) is 5.29. The Morgan fingerprint density at radius 2 is 1.88 bits per heavy atom. The Hall–Kier alpha value is -3.46. The minimum absolute atomic E-state index is 0.0452. The van der Waals surface area contributed by atoms with Crippen LogP contribution in [-0.4, -0.2) is 54.7 Å². The number of likely N-dealkylation sites (N-methyl/N-ethyl adjacent to an activating group) is 1. The van der Waals surface area contributed by atoms with Gasteiger partial charge in [0.1, 0.15) is 29.9 Å². The van der Waals surface area contributed by atoms with Crippen molar-refractivity contribution in [2.24, 2.45) is 10.8 Å². The zero-order chi connectivity index (χ0) is 23.1. The van der Waals surface area contributed by atoms with Gasteiger partial charge in [0.15, 0.2) is 0 Å². The molecule has 1 aliphatic rings. The Morgan fingerprint density at radius 3 is 2.53 bits per heavy atom. The van der Waals surface area contributed by atoms with Gasteiger partial charge in [0.25, 0.3) is 5.91 Å². The number of anilines is 2. The number of nitrogens with zero attached hydrogens (tertiary/aromatic N) is 3. The fourth-order valence-electron chi connectivity index (χ4n) is 3.42. The molecule has 8 nitrogen and oxygen atoms in total. The summed E-state index contributed by atoms with van der Waals surface area (Å²) in [7, 11) is 0. The predicted octanol–water partition coefficient (Wildman–Crippen LogP) is 2.61. The van der Waals surface area contributed by atoms with Gasteiger partial charge in [-0.1, -0.05) is 26.0 Å². The van der Waals surface area contributed by atoms with Crippen LogP contribution in [0, 0.1) is 5.82 Å². The lowest BCUT2D eigenvalue weighted by Crippen LogP contribution is -2.39. The lowest BCUT2D eigenvalue weighted by Gasteiger charge is -2.20. The van der Waals surface area contributed by atoms with E-state index in [0.29, 0.717) is 23.7 Å². The average Bonchev–Trinajstić information content (AvgIpc) is 3.24. The number of carbonyl (C=O) groups is 2. The van der Waals surface area contributed by atoms with E-state index >= 15 is 0 Å². The number of hydrogen-bond acceptors (Lipinski definition) is 6. The normalized spacial score (nSPS) is 15.6. The summed E-state index contributed by atoms with van der Waals surface area (Å²) in [6.45, 7) is 7.31. The van der Waals surface area contributed by atoms with Gasteiger partial charge in [0.2, 0.25) is 5.91 Å². The summed E-state index contributed by atoms with van der Waals surface area (Å²) < 4.78 is 19.1. The van der Waals surface area contributed by atoms with Crippen molar-refractivity contribution in [3.8, 4) is 5.75 Å². The summed E-state index contributed by atoms with van der Waals surface area (Å²) in [4.78, 5) is 27.1. The topological polar surface area (TPSA) is 100 Å². The molecule has 9 heteroatoms. The van der Waals surface area contributed by atoms with Crippen molar-refractivity contribution in [1.82, 2.24) is 4.90 Å². The van der Waals surface area contributed by atoms with Crippen LogP contribution in [0.4, 0.5) is 15.8 Å². The summed E-state index contributed by atoms with van der Waals surface area (Å²) >= 11 is 0. The Bertz CT molecular complexity index is 976. The number of amides is 2. The Labute approximate surface area is 186 Å². The van der Waals surface area contributed by atoms with Crippen LogP contribution in [0.2, 0.25) is 0 Å². The summed E-state index contributed by atoms with van der Waals surface area (Å²) in [6.07, 6.45) is 0.0452. The monoisotopic (exact) mass is 441 g/mol. The highest BCUT2D eigenvalue weighted by Gasteiger charge is 2.35. The van der Waals surface area contributed by atoms with E-state index in [1.807, 2.05) is 6.07 Å². The van der Waals surface area contributed by atoms with Crippen molar-refractivity contribution in [3.05, 3.63) is 54.3 Å². The number of ether oxygens (including phenoxy) is 1. The van der Waals surface area contributed by atoms with Crippen LogP contribution in [0.5, 0.6) is 5.75 Å². The summed E-state index contributed by atoms with van der Waals surface area (Å²) in [6, 6.07) is 11.8. The van der Waals surface area contributed by atoms with E-state index in [9.17, 15) is 14.0 Å². The molecule has 0 spiro atoms. The zero-order valence-electron chi connectivity index (χ0n) is 18.3. The van der Waals surface area contributed by atoms with Gasteiger partial charge in [-0.15, -0.1) is 0 Å². The van der Waals surface area contributed by atoms with E-state index in [1.54, 1.807) is 18.2 Å². The quantitative estimate of drug-likeness (QED) is 0.590. The SMILES string of the molecule is CCN(CC)CCOc1ccccc1NC(=O)C1=NN(c2ccc(F)cc2)C(C(N)=O)C1. The summed E-state index contributed by atoms with van der Waals surface area (Å²) in [5.41, 5.74) is 6.64. The molecule has 3 rings (SSSR count).